The monoisotopic (exact) mass is 243 g/mol. The third-order valence-corrected chi connectivity index (χ3v) is 3.33. The van der Waals surface area contributed by atoms with Crippen LogP contribution in [0.3, 0.4) is 0 Å². The molecule has 0 heterocycles. The number of carbonyl (C=O) groups is 1. The molecule has 0 spiro atoms. The van der Waals surface area contributed by atoms with Crippen LogP contribution in [0.15, 0.2) is 0 Å². The summed E-state index contributed by atoms with van der Waals surface area (Å²) in [5, 5.41) is 12.8. The molecule has 1 unspecified atom stereocenters. The molecule has 1 rings (SSSR count). The Bertz CT molecular complexity index is 235. The molecule has 0 radical (unpaired) electrons. The highest BCUT2D eigenvalue weighted by atomic mass is 16.5. The van der Waals surface area contributed by atoms with Crippen molar-refractivity contribution < 1.29 is 14.6 Å². The van der Waals surface area contributed by atoms with E-state index in [4.69, 9.17) is 4.74 Å². The molecule has 1 atom stereocenters. The van der Waals surface area contributed by atoms with E-state index >= 15 is 0 Å². The number of hydrogen-bond acceptors (Lipinski definition) is 4. The minimum Gasteiger partial charge on any atom is -0.468 e. The molecule has 1 fully saturated rings. The van der Waals surface area contributed by atoms with Crippen molar-refractivity contribution in [3.05, 3.63) is 0 Å². The zero-order valence-electron chi connectivity index (χ0n) is 11.1. The summed E-state index contributed by atoms with van der Waals surface area (Å²) in [4.78, 5) is 11.7. The van der Waals surface area contributed by atoms with E-state index in [2.05, 4.69) is 19.2 Å². The molecule has 1 aliphatic rings. The summed E-state index contributed by atoms with van der Waals surface area (Å²) >= 11 is 0. The highest BCUT2D eigenvalue weighted by Gasteiger charge is 2.26. The van der Waals surface area contributed by atoms with Crippen LogP contribution in [-0.2, 0) is 9.53 Å². The fraction of sp³-hybridized carbons (Fsp3) is 0.923. The lowest BCUT2D eigenvalue weighted by molar-refractivity contribution is -0.143. The zero-order chi connectivity index (χ0) is 12.8. The molecular formula is C13H25NO3. The van der Waals surface area contributed by atoms with E-state index < -0.39 is 0 Å². The number of methoxy groups -OCH3 is 1. The Hall–Kier alpha value is -0.610. The van der Waals surface area contributed by atoms with E-state index in [9.17, 15) is 9.90 Å². The van der Waals surface area contributed by atoms with Gasteiger partial charge in [0.1, 0.15) is 6.04 Å². The minimum absolute atomic E-state index is 0.158. The second-order valence-corrected chi connectivity index (χ2v) is 5.38. The minimum atomic E-state index is -0.208. The maximum absolute atomic E-state index is 11.7. The van der Waals surface area contributed by atoms with Gasteiger partial charge < -0.3 is 15.2 Å². The molecule has 0 aliphatic heterocycles. The smallest absolute Gasteiger partial charge is 0.322 e. The topological polar surface area (TPSA) is 58.6 Å². The van der Waals surface area contributed by atoms with Crippen LogP contribution in [-0.4, -0.2) is 36.4 Å². The number of hydrogen-bond donors (Lipinski definition) is 2. The predicted molar refractivity (Wildman–Crippen MR) is 66.7 cm³/mol. The Balaban J connectivity index is 2.45. The summed E-state index contributed by atoms with van der Waals surface area (Å²) < 4.78 is 4.83. The quantitative estimate of drug-likeness (QED) is 0.718. The second kappa shape index (κ2) is 6.97. The van der Waals surface area contributed by atoms with Gasteiger partial charge in [0.15, 0.2) is 0 Å². The number of nitrogens with one attached hydrogen (secondary N) is 1. The molecule has 0 bridgehead atoms. The van der Waals surface area contributed by atoms with Gasteiger partial charge >= 0.3 is 5.97 Å². The largest absolute Gasteiger partial charge is 0.468 e. The Morgan fingerprint density at radius 2 is 1.94 bits per heavy atom. The Labute approximate surface area is 104 Å². The van der Waals surface area contributed by atoms with Crippen molar-refractivity contribution in [2.45, 2.75) is 64.1 Å². The van der Waals surface area contributed by atoms with Crippen LogP contribution in [0.1, 0.15) is 46.0 Å². The molecule has 17 heavy (non-hydrogen) atoms. The molecular weight excluding hydrogens is 218 g/mol. The first-order chi connectivity index (χ1) is 8.02. The van der Waals surface area contributed by atoms with E-state index in [0.717, 1.165) is 32.1 Å². The number of aliphatic hydroxyl groups is 1. The second-order valence-electron chi connectivity index (χ2n) is 5.38. The number of esters is 1. The number of aliphatic hydroxyl groups excluding tert-OH is 1. The van der Waals surface area contributed by atoms with E-state index in [1.165, 1.54) is 7.11 Å². The highest BCUT2D eigenvalue weighted by molar-refractivity contribution is 5.75. The summed E-state index contributed by atoms with van der Waals surface area (Å²) in [6.07, 6.45) is 4.17. The van der Waals surface area contributed by atoms with Gasteiger partial charge in [-0.3, -0.25) is 4.79 Å². The van der Waals surface area contributed by atoms with Crippen LogP contribution in [0, 0.1) is 5.92 Å². The van der Waals surface area contributed by atoms with Crippen LogP contribution < -0.4 is 5.32 Å². The third kappa shape index (κ3) is 5.04. The molecule has 0 aromatic heterocycles. The number of ether oxygens (including phenoxy) is 1. The Kier molecular flexibility index (Phi) is 5.92. The molecule has 1 saturated carbocycles. The van der Waals surface area contributed by atoms with Gasteiger partial charge in [-0.15, -0.1) is 0 Å². The number of rotatable bonds is 5. The third-order valence-electron chi connectivity index (χ3n) is 3.33. The van der Waals surface area contributed by atoms with Crippen molar-refractivity contribution >= 4 is 5.97 Å². The highest BCUT2D eigenvalue weighted by Crippen LogP contribution is 2.20. The Morgan fingerprint density at radius 1 is 1.35 bits per heavy atom. The average molecular weight is 243 g/mol. The van der Waals surface area contributed by atoms with Gasteiger partial charge in [-0.05, 0) is 38.0 Å². The lowest BCUT2D eigenvalue weighted by Crippen LogP contribution is -2.46. The lowest BCUT2D eigenvalue weighted by Gasteiger charge is -2.30. The van der Waals surface area contributed by atoms with E-state index in [1.54, 1.807) is 0 Å². The van der Waals surface area contributed by atoms with Gasteiger partial charge in [-0.2, -0.15) is 0 Å². The summed E-state index contributed by atoms with van der Waals surface area (Å²) in [6, 6.07) is 0.126. The van der Waals surface area contributed by atoms with Crippen molar-refractivity contribution in [2.75, 3.05) is 7.11 Å². The van der Waals surface area contributed by atoms with Gasteiger partial charge in [-0.25, -0.2) is 0 Å². The number of carbonyl (C=O) groups excluding carboxylic acids is 1. The van der Waals surface area contributed by atoms with Crippen molar-refractivity contribution in [3.63, 3.8) is 0 Å². The van der Waals surface area contributed by atoms with E-state index in [1.807, 2.05) is 0 Å². The Morgan fingerprint density at radius 3 is 2.41 bits per heavy atom. The first-order valence-electron chi connectivity index (χ1n) is 6.54. The van der Waals surface area contributed by atoms with Crippen LogP contribution in [0.25, 0.3) is 0 Å². The maximum Gasteiger partial charge on any atom is 0.322 e. The first kappa shape index (κ1) is 14.5. The van der Waals surface area contributed by atoms with Gasteiger partial charge in [0.2, 0.25) is 0 Å². The van der Waals surface area contributed by atoms with Crippen LogP contribution >= 0.6 is 0 Å². The van der Waals surface area contributed by atoms with Crippen molar-refractivity contribution in [1.82, 2.24) is 5.32 Å². The van der Waals surface area contributed by atoms with Crippen LogP contribution in [0.2, 0.25) is 0 Å². The van der Waals surface area contributed by atoms with Crippen molar-refractivity contribution in [1.29, 1.82) is 0 Å². The predicted octanol–water partition coefficient (Wildman–Crippen LogP) is 1.47. The van der Waals surface area contributed by atoms with E-state index in [-0.39, 0.29) is 18.1 Å². The summed E-state index contributed by atoms with van der Waals surface area (Å²) in [6.45, 7) is 4.20. The molecule has 0 aromatic rings. The molecule has 4 nitrogen and oxygen atoms in total. The van der Waals surface area contributed by atoms with Gasteiger partial charge in [0.25, 0.3) is 0 Å². The average Bonchev–Trinajstić information content (AvgIpc) is 2.29. The zero-order valence-corrected chi connectivity index (χ0v) is 11.1. The summed E-state index contributed by atoms with van der Waals surface area (Å²) in [5.74, 6) is 0.283. The molecule has 2 N–H and O–H groups in total. The van der Waals surface area contributed by atoms with E-state index in [0.29, 0.717) is 12.0 Å². The van der Waals surface area contributed by atoms with Crippen LogP contribution in [0.5, 0.6) is 0 Å². The van der Waals surface area contributed by atoms with Crippen molar-refractivity contribution in [2.24, 2.45) is 5.92 Å². The maximum atomic E-state index is 11.7. The molecule has 100 valence electrons. The molecule has 0 amide bonds. The van der Waals surface area contributed by atoms with Crippen LogP contribution in [0.4, 0.5) is 0 Å². The fourth-order valence-corrected chi connectivity index (χ4v) is 2.37. The molecule has 4 heteroatoms. The SMILES string of the molecule is COC(=O)C(CC(C)C)NC1CCC(O)CC1. The van der Waals surface area contributed by atoms with Gasteiger partial charge in [0.05, 0.1) is 13.2 Å². The van der Waals surface area contributed by atoms with Gasteiger partial charge in [-0.1, -0.05) is 13.8 Å². The summed E-state index contributed by atoms with van der Waals surface area (Å²) in [7, 11) is 1.43. The van der Waals surface area contributed by atoms with Crippen molar-refractivity contribution in [3.8, 4) is 0 Å². The molecule has 1 aliphatic carbocycles. The standard InChI is InChI=1S/C13H25NO3/c1-9(2)8-12(13(16)17-3)14-10-4-6-11(15)7-5-10/h9-12,14-15H,4-8H2,1-3H3. The summed E-state index contributed by atoms with van der Waals surface area (Å²) in [5.41, 5.74) is 0. The fourth-order valence-electron chi connectivity index (χ4n) is 2.37. The lowest BCUT2D eigenvalue weighted by atomic mass is 9.92. The molecule has 0 saturated heterocycles. The van der Waals surface area contributed by atoms with Gasteiger partial charge in [0, 0.05) is 6.04 Å². The molecule has 0 aromatic carbocycles. The first-order valence-corrected chi connectivity index (χ1v) is 6.54. The normalized spacial score (nSPS) is 26.9.